The van der Waals surface area contributed by atoms with Gasteiger partial charge in [0.25, 0.3) is 5.69 Å². The summed E-state index contributed by atoms with van der Waals surface area (Å²) >= 11 is 0. The van der Waals surface area contributed by atoms with Crippen molar-refractivity contribution in [3.63, 3.8) is 0 Å². The molecule has 2 aromatic rings. The van der Waals surface area contributed by atoms with Crippen LogP contribution in [0.1, 0.15) is 22.3 Å². The first-order valence-electron chi connectivity index (χ1n) is 7.89. The van der Waals surface area contributed by atoms with Crippen LogP contribution >= 0.6 is 0 Å². The monoisotopic (exact) mass is 397 g/mol. The number of nitrogens with zero attached hydrogens (tertiary/aromatic N) is 2. The maximum Gasteiger partial charge on any atom is 0.416 e. The van der Waals surface area contributed by atoms with E-state index in [1.807, 2.05) is 0 Å². The van der Waals surface area contributed by atoms with Crippen molar-refractivity contribution in [1.29, 1.82) is 0 Å². The minimum Gasteiger partial charge on any atom is -0.467 e. The molecule has 1 heterocycles. The summed E-state index contributed by atoms with van der Waals surface area (Å²) in [4.78, 5) is 15.6. The number of oxime groups is 1. The topological polar surface area (TPSA) is 109 Å². The van der Waals surface area contributed by atoms with Gasteiger partial charge in [-0.3, -0.25) is 10.1 Å². The van der Waals surface area contributed by atoms with Crippen LogP contribution in [0.3, 0.4) is 0 Å². The van der Waals surface area contributed by atoms with E-state index in [-0.39, 0.29) is 37.1 Å². The Morgan fingerprint density at radius 2 is 2.11 bits per heavy atom. The Morgan fingerprint density at radius 3 is 2.82 bits per heavy atom. The van der Waals surface area contributed by atoms with Gasteiger partial charge in [-0.05, 0) is 12.1 Å². The second-order valence-corrected chi connectivity index (χ2v) is 5.79. The molecule has 2 aromatic carbocycles. The average Bonchev–Trinajstić information content (AvgIpc) is 2.67. The number of rotatable bonds is 5. The fourth-order valence-corrected chi connectivity index (χ4v) is 2.57. The molecular formula is C17H14F3N3O5. The average molecular weight is 397 g/mol. The Morgan fingerprint density at radius 1 is 1.32 bits per heavy atom. The standard InChI is InChI=1S/C17H14F3N3O5/c18-17(19,20)13-3-1-2-10(4-13)16(21)22-28-8-12-6-14(23(24)25)5-11-7-26-9-27-15(11)12/h1-6H,7-9H2,(H2,21,22). The third-order valence-corrected chi connectivity index (χ3v) is 3.85. The minimum absolute atomic E-state index is 0.0204. The molecule has 0 saturated carbocycles. The number of non-ortho nitro benzene ring substituents is 1. The van der Waals surface area contributed by atoms with Crippen LogP contribution in [-0.4, -0.2) is 17.6 Å². The van der Waals surface area contributed by atoms with E-state index in [2.05, 4.69) is 5.16 Å². The summed E-state index contributed by atoms with van der Waals surface area (Å²) in [7, 11) is 0. The molecule has 0 bridgehead atoms. The number of ether oxygens (including phenoxy) is 2. The van der Waals surface area contributed by atoms with Crippen molar-refractivity contribution in [2.24, 2.45) is 10.9 Å². The molecule has 0 atom stereocenters. The van der Waals surface area contributed by atoms with Crippen molar-refractivity contribution < 1.29 is 32.4 Å². The minimum atomic E-state index is -4.52. The lowest BCUT2D eigenvalue weighted by Crippen LogP contribution is -2.16. The maximum atomic E-state index is 12.8. The Balaban J connectivity index is 1.79. The second kappa shape index (κ2) is 7.72. The van der Waals surface area contributed by atoms with Gasteiger partial charge in [-0.2, -0.15) is 13.2 Å². The van der Waals surface area contributed by atoms with Crippen LogP contribution in [0.2, 0.25) is 0 Å². The number of nitrogens with two attached hydrogens (primary N) is 1. The van der Waals surface area contributed by atoms with Crippen molar-refractivity contribution in [3.8, 4) is 5.75 Å². The normalized spacial score (nSPS) is 14.2. The first kappa shape index (κ1) is 19.4. The van der Waals surface area contributed by atoms with Crippen LogP contribution in [0, 0.1) is 10.1 Å². The van der Waals surface area contributed by atoms with Crippen LogP contribution in [0.4, 0.5) is 18.9 Å². The molecule has 0 spiro atoms. The Labute approximate surface area is 156 Å². The van der Waals surface area contributed by atoms with Gasteiger partial charge in [0.2, 0.25) is 0 Å². The van der Waals surface area contributed by atoms with Crippen LogP contribution in [0.25, 0.3) is 0 Å². The van der Waals surface area contributed by atoms with E-state index in [0.717, 1.165) is 12.1 Å². The highest BCUT2D eigenvalue weighted by atomic mass is 19.4. The molecule has 148 valence electrons. The predicted octanol–water partition coefficient (Wildman–Crippen LogP) is 3.32. The van der Waals surface area contributed by atoms with E-state index < -0.39 is 16.7 Å². The fourth-order valence-electron chi connectivity index (χ4n) is 2.57. The van der Waals surface area contributed by atoms with Gasteiger partial charge in [-0.15, -0.1) is 0 Å². The van der Waals surface area contributed by atoms with Gasteiger partial charge in [-0.1, -0.05) is 17.3 Å². The second-order valence-electron chi connectivity index (χ2n) is 5.79. The van der Waals surface area contributed by atoms with Crippen molar-refractivity contribution in [2.45, 2.75) is 19.4 Å². The molecule has 0 amide bonds. The zero-order chi connectivity index (χ0) is 20.3. The van der Waals surface area contributed by atoms with Crippen molar-refractivity contribution in [3.05, 3.63) is 68.8 Å². The highest BCUT2D eigenvalue weighted by Crippen LogP contribution is 2.33. The number of fused-ring (bicyclic) bond motifs is 1. The lowest BCUT2D eigenvalue weighted by molar-refractivity contribution is -0.385. The van der Waals surface area contributed by atoms with Crippen LogP contribution in [0.15, 0.2) is 41.6 Å². The highest BCUT2D eigenvalue weighted by Gasteiger charge is 2.30. The van der Waals surface area contributed by atoms with E-state index in [0.29, 0.717) is 16.9 Å². The van der Waals surface area contributed by atoms with Gasteiger partial charge >= 0.3 is 6.18 Å². The number of nitro groups is 1. The van der Waals surface area contributed by atoms with Crippen molar-refractivity contribution in [1.82, 2.24) is 0 Å². The molecule has 28 heavy (non-hydrogen) atoms. The molecule has 0 saturated heterocycles. The van der Waals surface area contributed by atoms with Gasteiger partial charge in [0.15, 0.2) is 12.6 Å². The number of benzene rings is 2. The van der Waals surface area contributed by atoms with Crippen molar-refractivity contribution in [2.75, 3.05) is 6.79 Å². The molecule has 2 N–H and O–H groups in total. The number of halogens is 3. The van der Waals surface area contributed by atoms with Crippen LogP contribution < -0.4 is 10.5 Å². The Kier molecular flexibility index (Phi) is 5.36. The number of nitro benzene ring substituents is 1. The molecule has 1 aliphatic rings. The van der Waals surface area contributed by atoms with Gasteiger partial charge in [0, 0.05) is 28.8 Å². The summed E-state index contributed by atoms with van der Waals surface area (Å²) < 4.78 is 48.8. The molecule has 0 radical (unpaired) electrons. The summed E-state index contributed by atoms with van der Waals surface area (Å²) in [5, 5.41) is 14.7. The van der Waals surface area contributed by atoms with Crippen LogP contribution in [0.5, 0.6) is 5.75 Å². The molecule has 0 aliphatic carbocycles. The quantitative estimate of drug-likeness (QED) is 0.359. The summed E-state index contributed by atoms with van der Waals surface area (Å²) in [6.45, 7) is -0.114. The molecule has 11 heteroatoms. The zero-order valence-electron chi connectivity index (χ0n) is 14.2. The zero-order valence-corrected chi connectivity index (χ0v) is 14.2. The molecule has 1 aliphatic heterocycles. The van der Waals surface area contributed by atoms with E-state index in [4.69, 9.17) is 20.0 Å². The SMILES string of the molecule is NC(=NOCc1cc([N+](=O)[O-])cc2c1OCOC2)c1cccc(C(F)(F)F)c1. The smallest absolute Gasteiger partial charge is 0.416 e. The number of hydrogen-bond donors (Lipinski definition) is 1. The van der Waals surface area contributed by atoms with E-state index >= 15 is 0 Å². The molecular weight excluding hydrogens is 383 g/mol. The molecule has 0 unspecified atom stereocenters. The van der Waals surface area contributed by atoms with E-state index in [1.165, 1.54) is 24.3 Å². The number of amidine groups is 1. The van der Waals surface area contributed by atoms with Gasteiger partial charge < -0.3 is 20.0 Å². The Hall–Kier alpha value is -3.34. The van der Waals surface area contributed by atoms with Crippen molar-refractivity contribution >= 4 is 11.5 Å². The summed E-state index contributed by atoms with van der Waals surface area (Å²) in [6, 6.07) is 6.90. The number of alkyl halides is 3. The highest BCUT2D eigenvalue weighted by molar-refractivity contribution is 5.97. The molecule has 3 rings (SSSR count). The first-order valence-corrected chi connectivity index (χ1v) is 7.89. The summed E-state index contributed by atoms with van der Waals surface area (Å²) in [5.74, 6) is 0.111. The first-order chi connectivity index (χ1) is 13.3. The summed E-state index contributed by atoms with van der Waals surface area (Å²) in [6.07, 6.45) is -4.52. The van der Waals surface area contributed by atoms with Crippen LogP contribution in [-0.2, 0) is 29.0 Å². The third kappa shape index (κ3) is 4.31. The Bertz CT molecular complexity index is 931. The van der Waals surface area contributed by atoms with Gasteiger partial charge in [0.1, 0.15) is 12.4 Å². The van der Waals surface area contributed by atoms with Gasteiger partial charge in [0.05, 0.1) is 17.1 Å². The molecule has 0 fully saturated rings. The number of hydrogen-bond acceptors (Lipinski definition) is 6. The van der Waals surface area contributed by atoms with Gasteiger partial charge in [-0.25, -0.2) is 0 Å². The maximum absolute atomic E-state index is 12.8. The lowest BCUT2D eigenvalue weighted by atomic mass is 10.1. The third-order valence-electron chi connectivity index (χ3n) is 3.85. The predicted molar refractivity (Wildman–Crippen MR) is 90.3 cm³/mol. The largest absolute Gasteiger partial charge is 0.467 e. The fraction of sp³-hybridized carbons (Fsp3) is 0.235. The molecule has 0 aromatic heterocycles. The lowest BCUT2D eigenvalue weighted by Gasteiger charge is -2.20. The molecule has 8 nitrogen and oxygen atoms in total. The van der Waals surface area contributed by atoms with E-state index in [1.54, 1.807) is 0 Å². The van der Waals surface area contributed by atoms with E-state index in [9.17, 15) is 23.3 Å². The summed E-state index contributed by atoms with van der Waals surface area (Å²) in [5.41, 5.74) is 5.48.